The summed E-state index contributed by atoms with van der Waals surface area (Å²) in [6.45, 7) is 4.40. The highest BCUT2D eigenvalue weighted by atomic mass is 32.1. The maximum absolute atomic E-state index is 4.39. The molecule has 2 aromatic carbocycles. The Hall–Kier alpha value is -1.21. The predicted molar refractivity (Wildman–Crippen MR) is 77.9 cm³/mol. The molecule has 0 radical (unpaired) electrons. The molecule has 0 N–H and O–H groups in total. The number of benzene rings is 2. The summed E-state index contributed by atoms with van der Waals surface area (Å²) in [5.74, 6) is 0. The van der Waals surface area contributed by atoms with Gasteiger partial charge in [0.1, 0.15) is 0 Å². The van der Waals surface area contributed by atoms with Gasteiger partial charge in [-0.05, 0) is 47.7 Å². The van der Waals surface area contributed by atoms with Gasteiger partial charge >= 0.3 is 0 Å². The highest BCUT2D eigenvalue weighted by Gasteiger charge is 2.03. The van der Waals surface area contributed by atoms with E-state index in [9.17, 15) is 0 Å². The maximum Gasteiger partial charge on any atom is 0.00461 e. The molecule has 0 unspecified atom stereocenters. The van der Waals surface area contributed by atoms with Crippen molar-refractivity contribution in [3.05, 3.63) is 53.6 Å². The van der Waals surface area contributed by atoms with Crippen molar-refractivity contribution in [3.8, 4) is 11.1 Å². The van der Waals surface area contributed by atoms with Gasteiger partial charge in [0, 0.05) is 4.90 Å². The van der Waals surface area contributed by atoms with Crippen molar-refractivity contribution in [2.24, 2.45) is 0 Å². The molecule has 0 aliphatic carbocycles. The van der Waals surface area contributed by atoms with Crippen LogP contribution in [0.2, 0.25) is 0 Å². The molecule has 0 aliphatic rings. The fourth-order valence-corrected chi connectivity index (χ4v) is 2.39. The van der Waals surface area contributed by atoms with E-state index in [0.717, 1.165) is 11.3 Å². The Labute approximate surface area is 109 Å². The second-order valence-corrected chi connectivity index (χ2v) is 4.97. The molecule has 0 spiro atoms. The van der Waals surface area contributed by atoms with Crippen molar-refractivity contribution in [1.29, 1.82) is 0 Å². The monoisotopic (exact) mass is 242 g/mol. The van der Waals surface area contributed by atoms with Gasteiger partial charge < -0.3 is 0 Å². The normalized spacial score (nSPS) is 10.5. The molecule has 2 rings (SSSR count). The van der Waals surface area contributed by atoms with Crippen molar-refractivity contribution >= 4 is 12.6 Å². The Morgan fingerprint density at radius 1 is 1.06 bits per heavy atom. The quantitative estimate of drug-likeness (QED) is 0.727. The largest absolute Gasteiger partial charge is 0.143 e. The summed E-state index contributed by atoms with van der Waals surface area (Å²) in [5.41, 5.74) is 5.32. The first-order chi connectivity index (χ1) is 8.20. The Morgan fingerprint density at radius 2 is 1.88 bits per heavy atom. The molecule has 0 bridgehead atoms. The van der Waals surface area contributed by atoms with Gasteiger partial charge in [-0.25, -0.2) is 0 Å². The van der Waals surface area contributed by atoms with Crippen LogP contribution >= 0.6 is 12.6 Å². The average Bonchev–Trinajstić information content (AvgIpc) is 2.29. The van der Waals surface area contributed by atoms with Crippen LogP contribution in [0.15, 0.2) is 47.4 Å². The van der Waals surface area contributed by atoms with Gasteiger partial charge in [0.05, 0.1) is 0 Å². The van der Waals surface area contributed by atoms with E-state index in [1.165, 1.54) is 28.7 Å². The van der Waals surface area contributed by atoms with Crippen LogP contribution in [0.25, 0.3) is 11.1 Å². The van der Waals surface area contributed by atoms with E-state index in [-0.39, 0.29) is 0 Å². The summed E-state index contributed by atoms with van der Waals surface area (Å²) in [7, 11) is 0. The van der Waals surface area contributed by atoms with Crippen LogP contribution in [0.4, 0.5) is 0 Å². The van der Waals surface area contributed by atoms with E-state index in [1.807, 2.05) is 6.07 Å². The fourth-order valence-electron chi connectivity index (χ4n) is 2.17. The van der Waals surface area contributed by atoms with Gasteiger partial charge in [-0.15, -0.1) is 12.6 Å². The zero-order valence-electron chi connectivity index (χ0n) is 10.4. The Kier molecular flexibility index (Phi) is 3.90. The molecular formula is C16H18S. The summed E-state index contributed by atoms with van der Waals surface area (Å²) in [6.07, 6.45) is 2.36. The molecule has 2 aromatic rings. The van der Waals surface area contributed by atoms with Gasteiger partial charge in [0.2, 0.25) is 0 Å². The number of thiol groups is 1. The van der Waals surface area contributed by atoms with Crippen LogP contribution in [0.5, 0.6) is 0 Å². The zero-order chi connectivity index (χ0) is 12.3. The summed E-state index contributed by atoms with van der Waals surface area (Å²) in [5, 5.41) is 0. The number of rotatable bonds is 3. The fraction of sp³-hybridized carbons (Fsp3) is 0.250. The van der Waals surface area contributed by atoms with Gasteiger partial charge in [-0.2, -0.15) is 0 Å². The number of aryl methyl sites for hydroxylation is 2. The first-order valence-electron chi connectivity index (χ1n) is 6.09. The SMILES string of the molecule is CCCc1ccc(-c2cccc(S)c2)c(C)c1. The zero-order valence-corrected chi connectivity index (χ0v) is 11.3. The maximum atomic E-state index is 4.39. The first kappa shape index (κ1) is 12.3. The van der Waals surface area contributed by atoms with Crippen LogP contribution in [-0.4, -0.2) is 0 Å². The molecule has 0 saturated heterocycles. The van der Waals surface area contributed by atoms with E-state index in [4.69, 9.17) is 0 Å². The lowest BCUT2D eigenvalue weighted by atomic mass is 9.97. The molecule has 1 heteroatoms. The Balaban J connectivity index is 2.39. The number of hydrogen-bond donors (Lipinski definition) is 1. The van der Waals surface area contributed by atoms with Crippen LogP contribution in [0.1, 0.15) is 24.5 Å². The van der Waals surface area contributed by atoms with Gasteiger partial charge in [-0.1, -0.05) is 43.7 Å². The molecule has 88 valence electrons. The van der Waals surface area contributed by atoms with Crippen molar-refractivity contribution in [2.75, 3.05) is 0 Å². The third-order valence-corrected chi connectivity index (χ3v) is 3.26. The minimum absolute atomic E-state index is 1.01. The molecule has 0 aliphatic heterocycles. The summed E-state index contributed by atoms with van der Waals surface area (Å²) in [4.78, 5) is 1.01. The minimum atomic E-state index is 1.01. The number of hydrogen-bond acceptors (Lipinski definition) is 1. The van der Waals surface area contributed by atoms with Gasteiger partial charge in [0.25, 0.3) is 0 Å². The molecule has 17 heavy (non-hydrogen) atoms. The van der Waals surface area contributed by atoms with Crippen molar-refractivity contribution < 1.29 is 0 Å². The summed E-state index contributed by atoms with van der Waals surface area (Å²) < 4.78 is 0. The Bertz CT molecular complexity index is 515. The second-order valence-electron chi connectivity index (χ2n) is 4.45. The second kappa shape index (κ2) is 5.42. The van der Waals surface area contributed by atoms with Gasteiger partial charge in [0.15, 0.2) is 0 Å². The topological polar surface area (TPSA) is 0 Å². The van der Waals surface area contributed by atoms with Crippen LogP contribution in [0, 0.1) is 6.92 Å². The van der Waals surface area contributed by atoms with Crippen molar-refractivity contribution in [2.45, 2.75) is 31.6 Å². The smallest absolute Gasteiger partial charge is 0.00461 e. The van der Waals surface area contributed by atoms with Crippen molar-refractivity contribution in [3.63, 3.8) is 0 Å². The molecule has 0 atom stereocenters. The molecule has 0 heterocycles. The lowest BCUT2D eigenvalue weighted by Crippen LogP contribution is -1.88. The van der Waals surface area contributed by atoms with Crippen molar-refractivity contribution in [1.82, 2.24) is 0 Å². The van der Waals surface area contributed by atoms with Crippen LogP contribution in [0.3, 0.4) is 0 Å². The molecular weight excluding hydrogens is 224 g/mol. The van der Waals surface area contributed by atoms with E-state index in [1.54, 1.807) is 0 Å². The minimum Gasteiger partial charge on any atom is -0.143 e. The molecule has 0 nitrogen and oxygen atoms in total. The molecule has 0 amide bonds. The first-order valence-corrected chi connectivity index (χ1v) is 6.54. The summed E-state index contributed by atoms with van der Waals surface area (Å²) in [6, 6.07) is 15.1. The highest BCUT2D eigenvalue weighted by Crippen LogP contribution is 2.26. The van der Waals surface area contributed by atoms with E-state index in [0.29, 0.717) is 0 Å². The molecule has 0 aromatic heterocycles. The third kappa shape index (κ3) is 2.92. The predicted octanol–water partition coefficient (Wildman–Crippen LogP) is 4.90. The highest BCUT2D eigenvalue weighted by molar-refractivity contribution is 7.80. The molecule has 0 fully saturated rings. The standard InChI is InChI=1S/C16H18S/c1-3-5-13-8-9-16(12(2)10-13)14-6-4-7-15(17)11-14/h4,6-11,17H,3,5H2,1-2H3. The third-order valence-electron chi connectivity index (χ3n) is 2.99. The average molecular weight is 242 g/mol. The Morgan fingerprint density at radius 3 is 2.53 bits per heavy atom. The van der Waals surface area contributed by atoms with Gasteiger partial charge in [-0.3, -0.25) is 0 Å². The van der Waals surface area contributed by atoms with E-state index >= 15 is 0 Å². The van der Waals surface area contributed by atoms with Crippen LogP contribution in [-0.2, 0) is 6.42 Å². The van der Waals surface area contributed by atoms with Crippen LogP contribution < -0.4 is 0 Å². The lowest BCUT2D eigenvalue weighted by molar-refractivity contribution is 0.920. The lowest BCUT2D eigenvalue weighted by Gasteiger charge is -2.09. The van der Waals surface area contributed by atoms with E-state index in [2.05, 4.69) is 62.9 Å². The van der Waals surface area contributed by atoms with E-state index < -0.39 is 0 Å². The summed E-state index contributed by atoms with van der Waals surface area (Å²) >= 11 is 4.39. The molecule has 0 saturated carbocycles.